The number of non-ortho nitro benzene ring substituents is 1. The summed E-state index contributed by atoms with van der Waals surface area (Å²) in [5.74, 6) is -1.06. The van der Waals surface area contributed by atoms with E-state index < -0.39 is 33.8 Å². The van der Waals surface area contributed by atoms with Crippen molar-refractivity contribution in [2.75, 3.05) is 5.32 Å². The molecule has 0 aromatic heterocycles. The first kappa shape index (κ1) is 18.7. The monoisotopic (exact) mass is 361 g/mol. The van der Waals surface area contributed by atoms with Gasteiger partial charge in [0.1, 0.15) is 11.6 Å². The highest BCUT2D eigenvalue weighted by atomic mass is 19.4. The Morgan fingerprint density at radius 2 is 1.88 bits per heavy atom. The molecule has 0 unspecified atom stereocenters. The number of rotatable bonds is 4. The zero-order valence-corrected chi connectivity index (χ0v) is 12.9. The minimum atomic E-state index is -4.68. The van der Waals surface area contributed by atoms with Gasteiger partial charge in [-0.3, -0.25) is 14.9 Å². The lowest BCUT2D eigenvalue weighted by Gasteiger charge is -2.13. The molecule has 2 aromatic rings. The second-order valence-electron chi connectivity index (χ2n) is 5.02. The minimum Gasteiger partial charge on any atom is -0.321 e. The van der Waals surface area contributed by atoms with Crippen molar-refractivity contribution in [2.45, 2.75) is 6.18 Å². The summed E-state index contributed by atoms with van der Waals surface area (Å²) in [6.45, 7) is 0. The SMILES string of the molecule is N#C/C(=C/c1cccc([N+](=O)[O-])c1)C(=O)Nc1ccccc1C(F)(F)F. The summed E-state index contributed by atoms with van der Waals surface area (Å²) >= 11 is 0. The van der Waals surface area contributed by atoms with E-state index in [4.69, 9.17) is 5.26 Å². The topological polar surface area (TPSA) is 96.0 Å². The number of nitriles is 1. The molecule has 6 nitrogen and oxygen atoms in total. The van der Waals surface area contributed by atoms with E-state index >= 15 is 0 Å². The number of nitrogens with one attached hydrogen (secondary N) is 1. The van der Waals surface area contributed by atoms with E-state index in [1.165, 1.54) is 30.3 Å². The smallest absolute Gasteiger partial charge is 0.321 e. The van der Waals surface area contributed by atoms with E-state index in [9.17, 15) is 28.1 Å². The normalized spacial score (nSPS) is 11.5. The highest BCUT2D eigenvalue weighted by Gasteiger charge is 2.33. The summed E-state index contributed by atoms with van der Waals surface area (Å²) in [5.41, 5.74) is -2.11. The maximum absolute atomic E-state index is 13.0. The first-order valence-electron chi connectivity index (χ1n) is 7.06. The van der Waals surface area contributed by atoms with Crippen LogP contribution in [0.15, 0.2) is 54.1 Å². The summed E-state index contributed by atoms with van der Waals surface area (Å²) in [4.78, 5) is 22.2. The van der Waals surface area contributed by atoms with Crippen molar-refractivity contribution >= 4 is 23.4 Å². The maximum atomic E-state index is 13.0. The standard InChI is InChI=1S/C17H10F3N3O3/c18-17(19,20)14-6-1-2-7-15(14)22-16(24)12(10-21)8-11-4-3-5-13(9-11)23(25)26/h1-9H,(H,22,24)/b12-8-. The van der Waals surface area contributed by atoms with Gasteiger partial charge >= 0.3 is 6.18 Å². The predicted octanol–water partition coefficient (Wildman–Crippen LogP) is 4.16. The van der Waals surface area contributed by atoms with Gasteiger partial charge < -0.3 is 5.32 Å². The molecule has 2 aromatic carbocycles. The second-order valence-corrected chi connectivity index (χ2v) is 5.02. The van der Waals surface area contributed by atoms with Crippen LogP contribution in [-0.2, 0) is 11.0 Å². The third kappa shape index (κ3) is 4.45. The highest BCUT2D eigenvalue weighted by Crippen LogP contribution is 2.34. The third-order valence-electron chi connectivity index (χ3n) is 3.24. The van der Waals surface area contributed by atoms with Gasteiger partial charge in [0.25, 0.3) is 11.6 Å². The van der Waals surface area contributed by atoms with Crippen LogP contribution in [0.25, 0.3) is 6.08 Å². The number of nitrogens with zero attached hydrogens (tertiary/aromatic N) is 2. The van der Waals surface area contributed by atoms with Crippen LogP contribution >= 0.6 is 0 Å². The molecule has 0 aliphatic rings. The first-order valence-corrected chi connectivity index (χ1v) is 7.06. The van der Waals surface area contributed by atoms with Gasteiger partial charge in [-0.25, -0.2) is 0 Å². The number of hydrogen-bond donors (Lipinski definition) is 1. The molecule has 0 radical (unpaired) electrons. The molecule has 0 spiro atoms. The fourth-order valence-corrected chi connectivity index (χ4v) is 2.07. The Labute approximate surface area is 145 Å². The van der Waals surface area contributed by atoms with Crippen molar-refractivity contribution in [3.8, 4) is 6.07 Å². The number of nitro groups is 1. The molecular weight excluding hydrogens is 351 g/mol. The van der Waals surface area contributed by atoms with E-state index in [2.05, 4.69) is 0 Å². The molecule has 26 heavy (non-hydrogen) atoms. The summed E-state index contributed by atoms with van der Waals surface area (Å²) in [6.07, 6.45) is -3.63. The Hall–Kier alpha value is -3.67. The molecule has 0 heterocycles. The van der Waals surface area contributed by atoms with Crippen LogP contribution in [-0.4, -0.2) is 10.8 Å². The van der Waals surface area contributed by atoms with E-state index in [1.807, 2.05) is 5.32 Å². The molecule has 1 N–H and O–H groups in total. The van der Waals surface area contributed by atoms with E-state index in [0.29, 0.717) is 0 Å². The fourth-order valence-electron chi connectivity index (χ4n) is 2.07. The van der Waals surface area contributed by atoms with Crippen LogP contribution in [0.2, 0.25) is 0 Å². The van der Waals surface area contributed by atoms with Crippen molar-refractivity contribution in [1.29, 1.82) is 5.26 Å². The van der Waals surface area contributed by atoms with Gasteiger partial charge in [0.05, 0.1) is 16.2 Å². The van der Waals surface area contributed by atoms with Crippen molar-refractivity contribution in [3.63, 3.8) is 0 Å². The summed E-state index contributed by atoms with van der Waals surface area (Å²) in [5, 5.41) is 21.9. The summed E-state index contributed by atoms with van der Waals surface area (Å²) in [7, 11) is 0. The van der Waals surface area contributed by atoms with Crippen LogP contribution in [0.4, 0.5) is 24.5 Å². The van der Waals surface area contributed by atoms with Crippen molar-refractivity contribution < 1.29 is 22.9 Å². The molecule has 0 bridgehead atoms. The molecular formula is C17H10F3N3O3. The van der Waals surface area contributed by atoms with Gasteiger partial charge in [0.2, 0.25) is 0 Å². The number of halogens is 3. The number of alkyl halides is 3. The van der Waals surface area contributed by atoms with E-state index in [1.54, 1.807) is 6.07 Å². The lowest BCUT2D eigenvalue weighted by molar-refractivity contribution is -0.384. The number of hydrogen-bond acceptors (Lipinski definition) is 4. The van der Waals surface area contributed by atoms with Crippen molar-refractivity contribution in [2.24, 2.45) is 0 Å². The molecule has 0 fully saturated rings. The molecule has 2 rings (SSSR count). The Morgan fingerprint density at radius 3 is 2.50 bits per heavy atom. The van der Waals surface area contributed by atoms with E-state index in [0.717, 1.165) is 24.3 Å². The van der Waals surface area contributed by atoms with Crippen molar-refractivity contribution in [1.82, 2.24) is 0 Å². The van der Waals surface area contributed by atoms with Crippen LogP contribution < -0.4 is 5.32 Å². The maximum Gasteiger partial charge on any atom is 0.418 e. The molecule has 132 valence electrons. The summed E-state index contributed by atoms with van der Waals surface area (Å²) in [6, 6.07) is 11.0. The first-order chi connectivity index (χ1) is 12.2. The van der Waals surface area contributed by atoms with Crippen LogP contribution in [0, 0.1) is 21.4 Å². The number of nitro benzene ring substituents is 1. The molecule has 9 heteroatoms. The van der Waals surface area contributed by atoms with Gasteiger partial charge in [0.15, 0.2) is 0 Å². The number of anilines is 1. The van der Waals surface area contributed by atoms with Crippen LogP contribution in [0.5, 0.6) is 0 Å². The zero-order chi connectivity index (χ0) is 19.3. The molecule has 0 atom stereocenters. The Balaban J connectivity index is 2.33. The number of carbonyl (C=O) groups excluding carboxylic acids is 1. The number of benzene rings is 2. The lowest BCUT2D eigenvalue weighted by atomic mass is 10.1. The molecule has 0 aliphatic heterocycles. The lowest BCUT2D eigenvalue weighted by Crippen LogP contribution is -2.17. The van der Waals surface area contributed by atoms with Crippen LogP contribution in [0.1, 0.15) is 11.1 Å². The Morgan fingerprint density at radius 1 is 1.19 bits per heavy atom. The van der Waals surface area contributed by atoms with Gasteiger partial charge in [-0.1, -0.05) is 24.3 Å². The number of amides is 1. The zero-order valence-electron chi connectivity index (χ0n) is 12.9. The molecule has 1 amide bonds. The third-order valence-corrected chi connectivity index (χ3v) is 3.24. The number of carbonyl (C=O) groups is 1. The molecule has 0 aliphatic carbocycles. The van der Waals surface area contributed by atoms with Gasteiger partial charge in [-0.15, -0.1) is 0 Å². The average molecular weight is 361 g/mol. The average Bonchev–Trinajstić information content (AvgIpc) is 2.59. The quantitative estimate of drug-likeness (QED) is 0.383. The Bertz CT molecular complexity index is 931. The van der Waals surface area contributed by atoms with E-state index in [-0.39, 0.29) is 11.3 Å². The fraction of sp³-hybridized carbons (Fsp3) is 0.0588. The largest absolute Gasteiger partial charge is 0.418 e. The predicted molar refractivity (Wildman–Crippen MR) is 86.8 cm³/mol. The van der Waals surface area contributed by atoms with Crippen LogP contribution in [0.3, 0.4) is 0 Å². The molecule has 0 saturated heterocycles. The highest BCUT2D eigenvalue weighted by molar-refractivity contribution is 6.10. The second kappa shape index (κ2) is 7.48. The minimum absolute atomic E-state index is 0.190. The van der Waals surface area contributed by atoms with Gasteiger partial charge in [-0.05, 0) is 23.8 Å². The Kier molecular flexibility index (Phi) is 5.37. The number of para-hydroxylation sites is 1. The van der Waals surface area contributed by atoms with Gasteiger partial charge in [0, 0.05) is 12.1 Å². The molecule has 0 saturated carbocycles. The van der Waals surface area contributed by atoms with Gasteiger partial charge in [-0.2, -0.15) is 18.4 Å². The van der Waals surface area contributed by atoms with Crippen molar-refractivity contribution in [3.05, 3.63) is 75.3 Å². The summed E-state index contributed by atoms with van der Waals surface area (Å²) < 4.78 is 38.9.